The van der Waals surface area contributed by atoms with Crippen molar-refractivity contribution in [2.75, 3.05) is 11.6 Å². The Kier molecular flexibility index (Phi) is 9.30. The molecule has 1 aliphatic rings. The molecule has 0 saturated heterocycles. The van der Waals surface area contributed by atoms with Crippen molar-refractivity contribution in [3.8, 4) is 0 Å². The molecule has 2 rings (SSSR count). The quantitative estimate of drug-likeness (QED) is 0.272. The molecule has 34 heavy (non-hydrogen) atoms. The fourth-order valence-electron chi connectivity index (χ4n) is 3.67. The molecule has 1 aromatic rings. The highest BCUT2D eigenvalue weighted by molar-refractivity contribution is 7.89. The summed E-state index contributed by atoms with van der Waals surface area (Å²) in [5.41, 5.74) is 2.68. The number of carbonyl (C=O) groups is 5. The first kappa shape index (κ1) is 27.0. The summed E-state index contributed by atoms with van der Waals surface area (Å²) in [4.78, 5) is 60.7. The molecule has 4 amide bonds. The van der Waals surface area contributed by atoms with Crippen LogP contribution >= 0.6 is 0 Å². The minimum atomic E-state index is -3.82. The van der Waals surface area contributed by atoms with Crippen molar-refractivity contribution in [1.82, 2.24) is 15.4 Å². The average molecular weight is 495 g/mol. The van der Waals surface area contributed by atoms with Crippen molar-refractivity contribution < 1.29 is 32.4 Å². The minimum Gasteiger partial charge on any atom is -0.344 e. The zero-order valence-corrected chi connectivity index (χ0v) is 20.2. The molecule has 1 aromatic carbocycles. The van der Waals surface area contributed by atoms with E-state index in [-0.39, 0.29) is 6.29 Å². The van der Waals surface area contributed by atoms with E-state index in [1.807, 2.05) is 12.1 Å². The van der Waals surface area contributed by atoms with Crippen molar-refractivity contribution in [3.63, 3.8) is 0 Å². The van der Waals surface area contributed by atoms with Gasteiger partial charge in [-0.3, -0.25) is 23.9 Å². The van der Waals surface area contributed by atoms with Gasteiger partial charge in [0.1, 0.15) is 12.3 Å². The Hall–Kier alpha value is -3.28. The highest BCUT2D eigenvalue weighted by atomic mass is 32.2. The van der Waals surface area contributed by atoms with Crippen molar-refractivity contribution in [2.45, 2.75) is 58.0 Å². The molecule has 0 spiro atoms. The van der Waals surface area contributed by atoms with E-state index in [0.717, 1.165) is 43.1 Å². The third kappa shape index (κ3) is 7.94. The monoisotopic (exact) mass is 494 g/mol. The Morgan fingerprint density at radius 2 is 1.71 bits per heavy atom. The summed E-state index contributed by atoms with van der Waals surface area (Å²) in [5.74, 6) is -4.19. The second-order valence-corrected chi connectivity index (χ2v) is 10.3. The molecular formula is C22H30N4O7S. The highest BCUT2D eigenvalue weighted by Crippen LogP contribution is 2.27. The Morgan fingerprint density at radius 3 is 2.32 bits per heavy atom. The standard InChI is InChI=1S/C22H30N4O7S/c1-13(2)19(20(29)23-15(12-27)11-18(28)26-34(3,32)33)25-22(31)21(30)24-17-10-6-8-14-7-4-5-9-16(14)17/h6,8,10,12-13,15,19H,4-5,7,9,11H2,1-3H3,(H,23,29)(H,24,30)(H,25,31)(H,26,28). The molecule has 2 atom stereocenters. The predicted molar refractivity (Wildman–Crippen MR) is 124 cm³/mol. The third-order valence-electron chi connectivity index (χ3n) is 5.28. The molecule has 1 aliphatic carbocycles. The smallest absolute Gasteiger partial charge is 0.313 e. The summed E-state index contributed by atoms with van der Waals surface area (Å²) < 4.78 is 24.0. The first-order valence-corrected chi connectivity index (χ1v) is 12.8. The van der Waals surface area contributed by atoms with E-state index in [2.05, 4.69) is 16.0 Å². The van der Waals surface area contributed by atoms with Crippen LogP contribution in [-0.2, 0) is 46.8 Å². The Bertz CT molecular complexity index is 1070. The van der Waals surface area contributed by atoms with Crippen LogP contribution in [0.2, 0.25) is 0 Å². The number of rotatable bonds is 9. The molecule has 0 heterocycles. The number of anilines is 1. The number of carbonyl (C=O) groups excluding carboxylic acids is 5. The molecule has 186 valence electrons. The first-order valence-electron chi connectivity index (χ1n) is 10.9. The molecule has 4 N–H and O–H groups in total. The number of aryl methyl sites for hydroxylation is 1. The Labute approximate surface area is 198 Å². The largest absolute Gasteiger partial charge is 0.344 e. The molecule has 0 aromatic heterocycles. The number of hydrogen-bond donors (Lipinski definition) is 4. The lowest BCUT2D eigenvalue weighted by Crippen LogP contribution is -2.55. The van der Waals surface area contributed by atoms with E-state index >= 15 is 0 Å². The molecule has 0 bridgehead atoms. The second kappa shape index (κ2) is 11.7. The van der Waals surface area contributed by atoms with Crippen LogP contribution in [0.25, 0.3) is 0 Å². The van der Waals surface area contributed by atoms with Crippen molar-refractivity contribution in [3.05, 3.63) is 29.3 Å². The predicted octanol–water partition coefficient (Wildman–Crippen LogP) is -0.206. The minimum absolute atomic E-state index is 0.282. The maximum atomic E-state index is 12.7. The molecule has 0 saturated carbocycles. The SMILES string of the molecule is CC(C)C(NC(=O)C(=O)Nc1cccc2c1CCCC2)C(=O)NC(C=O)CC(=O)NS(C)(=O)=O. The average Bonchev–Trinajstić information content (AvgIpc) is 2.75. The van der Waals surface area contributed by atoms with Crippen molar-refractivity contribution in [2.24, 2.45) is 5.92 Å². The summed E-state index contributed by atoms with van der Waals surface area (Å²) in [6.07, 6.45) is 4.20. The molecule has 0 fully saturated rings. The van der Waals surface area contributed by atoms with Gasteiger partial charge in [0, 0.05) is 5.69 Å². The lowest BCUT2D eigenvalue weighted by Gasteiger charge is -2.23. The second-order valence-electron chi connectivity index (χ2n) is 8.55. The third-order valence-corrected chi connectivity index (χ3v) is 5.88. The van der Waals surface area contributed by atoms with Crippen LogP contribution in [0.3, 0.4) is 0 Å². The molecule has 11 nitrogen and oxygen atoms in total. The number of amides is 4. The molecule has 0 aliphatic heterocycles. The van der Waals surface area contributed by atoms with E-state index in [1.165, 1.54) is 0 Å². The molecule has 12 heteroatoms. The molecule has 0 radical (unpaired) electrons. The summed E-state index contributed by atoms with van der Waals surface area (Å²) >= 11 is 0. The van der Waals surface area contributed by atoms with Gasteiger partial charge < -0.3 is 20.7 Å². The lowest BCUT2D eigenvalue weighted by molar-refractivity contribution is -0.138. The van der Waals surface area contributed by atoms with Gasteiger partial charge in [0.2, 0.25) is 21.8 Å². The summed E-state index contributed by atoms with van der Waals surface area (Å²) in [5, 5.41) is 7.26. The highest BCUT2D eigenvalue weighted by Gasteiger charge is 2.29. The summed E-state index contributed by atoms with van der Waals surface area (Å²) in [7, 11) is -3.82. The molecule has 2 unspecified atom stereocenters. The van der Waals surface area contributed by atoms with Crippen LogP contribution in [0.15, 0.2) is 18.2 Å². The van der Waals surface area contributed by atoms with E-state index in [9.17, 15) is 32.4 Å². The van der Waals surface area contributed by atoms with Gasteiger partial charge in [0.15, 0.2) is 0 Å². The summed E-state index contributed by atoms with van der Waals surface area (Å²) in [6.45, 7) is 3.25. The van der Waals surface area contributed by atoms with Crippen LogP contribution in [0.5, 0.6) is 0 Å². The fraction of sp³-hybridized carbons (Fsp3) is 0.500. The van der Waals surface area contributed by atoms with Crippen molar-refractivity contribution in [1.29, 1.82) is 0 Å². The number of benzene rings is 1. The molecular weight excluding hydrogens is 464 g/mol. The van der Waals surface area contributed by atoms with E-state index < -0.39 is 58.1 Å². The van der Waals surface area contributed by atoms with Gasteiger partial charge in [-0.1, -0.05) is 26.0 Å². The first-order chi connectivity index (χ1) is 15.9. The normalized spacial score (nSPS) is 14.8. The van der Waals surface area contributed by atoms with Gasteiger partial charge in [0.05, 0.1) is 18.7 Å². The zero-order valence-electron chi connectivity index (χ0n) is 19.3. The summed E-state index contributed by atoms with van der Waals surface area (Å²) in [6, 6.07) is 3.02. The topological polar surface area (TPSA) is 168 Å². The fourth-order valence-corrected chi connectivity index (χ4v) is 4.17. The van der Waals surface area contributed by atoms with Gasteiger partial charge in [-0.15, -0.1) is 0 Å². The number of hydrogen-bond acceptors (Lipinski definition) is 7. The Morgan fingerprint density at radius 1 is 1.03 bits per heavy atom. The lowest BCUT2D eigenvalue weighted by atomic mass is 9.90. The van der Waals surface area contributed by atoms with E-state index in [0.29, 0.717) is 5.69 Å². The van der Waals surface area contributed by atoms with Gasteiger partial charge in [-0.05, 0) is 48.8 Å². The van der Waals surface area contributed by atoms with Crippen LogP contribution in [0, 0.1) is 5.92 Å². The van der Waals surface area contributed by atoms with Crippen LogP contribution < -0.4 is 20.7 Å². The number of sulfonamides is 1. The maximum Gasteiger partial charge on any atom is 0.313 e. The van der Waals surface area contributed by atoms with E-state index in [4.69, 9.17) is 0 Å². The number of nitrogens with one attached hydrogen (secondary N) is 4. The van der Waals surface area contributed by atoms with Crippen LogP contribution in [-0.4, -0.2) is 56.7 Å². The number of fused-ring (bicyclic) bond motifs is 1. The maximum absolute atomic E-state index is 12.7. The van der Waals surface area contributed by atoms with Gasteiger partial charge in [0.25, 0.3) is 0 Å². The van der Waals surface area contributed by atoms with Gasteiger partial charge in [-0.2, -0.15) is 0 Å². The van der Waals surface area contributed by atoms with Gasteiger partial charge >= 0.3 is 11.8 Å². The van der Waals surface area contributed by atoms with Gasteiger partial charge in [-0.25, -0.2) is 8.42 Å². The van der Waals surface area contributed by atoms with E-state index in [1.54, 1.807) is 24.6 Å². The number of aldehydes is 1. The van der Waals surface area contributed by atoms with Crippen molar-refractivity contribution >= 4 is 45.6 Å². The zero-order chi connectivity index (χ0) is 25.5. The van der Waals surface area contributed by atoms with Crippen LogP contribution in [0.1, 0.15) is 44.2 Å². The van der Waals surface area contributed by atoms with Crippen LogP contribution in [0.4, 0.5) is 5.69 Å². The Balaban J connectivity index is 2.02.